The topological polar surface area (TPSA) is 84.2 Å². The van der Waals surface area contributed by atoms with Gasteiger partial charge < -0.3 is 10.4 Å². The molecule has 116 valence electrons. The fourth-order valence-electron chi connectivity index (χ4n) is 1.94. The number of aliphatic carboxylic acids is 1. The number of rotatable bonds is 6. The number of carbonyl (C=O) groups excluding carboxylic acids is 1. The Morgan fingerprint density at radius 3 is 2.77 bits per heavy atom. The standard InChI is InChI=1S/C15H16FN3O3/c1-10(8-14(20)21)9-17-15(22)12-6-7-19(18-12)13-5-3-2-4-11(13)16/h2-7,10H,8-9H2,1H3,(H,17,22)(H,20,21). The van der Waals surface area contributed by atoms with E-state index < -0.39 is 17.7 Å². The molecule has 1 heterocycles. The summed E-state index contributed by atoms with van der Waals surface area (Å²) in [6.07, 6.45) is 1.47. The highest BCUT2D eigenvalue weighted by Gasteiger charge is 2.14. The largest absolute Gasteiger partial charge is 0.481 e. The van der Waals surface area contributed by atoms with Gasteiger partial charge in [-0.05, 0) is 24.1 Å². The zero-order valence-electron chi connectivity index (χ0n) is 12.0. The Bertz CT molecular complexity index is 684. The number of para-hydroxylation sites is 1. The van der Waals surface area contributed by atoms with Crippen LogP contribution in [0.1, 0.15) is 23.8 Å². The van der Waals surface area contributed by atoms with E-state index in [1.807, 2.05) is 0 Å². The third kappa shape index (κ3) is 3.91. The van der Waals surface area contributed by atoms with Gasteiger partial charge in [0, 0.05) is 19.2 Å². The number of halogens is 1. The van der Waals surface area contributed by atoms with Crippen molar-refractivity contribution in [3.63, 3.8) is 0 Å². The van der Waals surface area contributed by atoms with Crippen molar-refractivity contribution in [1.29, 1.82) is 0 Å². The average molecular weight is 305 g/mol. The number of nitrogens with zero attached hydrogens (tertiary/aromatic N) is 2. The first-order valence-electron chi connectivity index (χ1n) is 6.78. The maximum Gasteiger partial charge on any atom is 0.303 e. The molecule has 2 N–H and O–H groups in total. The molecule has 22 heavy (non-hydrogen) atoms. The third-order valence-electron chi connectivity index (χ3n) is 3.06. The molecule has 0 saturated heterocycles. The molecule has 1 amide bonds. The Morgan fingerprint density at radius 1 is 1.36 bits per heavy atom. The summed E-state index contributed by atoms with van der Waals surface area (Å²) < 4.78 is 14.9. The Hall–Kier alpha value is -2.70. The summed E-state index contributed by atoms with van der Waals surface area (Å²) in [4.78, 5) is 22.5. The number of amides is 1. The second-order valence-corrected chi connectivity index (χ2v) is 5.01. The number of nitrogens with one attached hydrogen (secondary N) is 1. The van der Waals surface area contributed by atoms with E-state index in [0.717, 1.165) is 0 Å². The second kappa shape index (κ2) is 6.84. The van der Waals surface area contributed by atoms with E-state index in [4.69, 9.17) is 5.11 Å². The van der Waals surface area contributed by atoms with Crippen LogP contribution in [0.2, 0.25) is 0 Å². The molecule has 6 nitrogen and oxygen atoms in total. The van der Waals surface area contributed by atoms with E-state index in [-0.39, 0.29) is 30.3 Å². The molecule has 0 spiro atoms. The minimum atomic E-state index is -0.912. The predicted octanol–water partition coefficient (Wildman–Crippen LogP) is 1.85. The highest BCUT2D eigenvalue weighted by Crippen LogP contribution is 2.12. The van der Waals surface area contributed by atoms with E-state index >= 15 is 0 Å². The van der Waals surface area contributed by atoms with Gasteiger partial charge in [-0.2, -0.15) is 5.10 Å². The lowest BCUT2D eigenvalue weighted by atomic mass is 10.1. The molecule has 7 heteroatoms. The summed E-state index contributed by atoms with van der Waals surface area (Å²) in [5.74, 6) is -1.96. The third-order valence-corrected chi connectivity index (χ3v) is 3.06. The summed E-state index contributed by atoms with van der Waals surface area (Å²) >= 11 is 0. The molecule has 0 bridgehead atoms. The molecule has 1 atom stereocenters. The van der Waals surface area contributed by atoms with Gasteiger partial charge in [0.1, 0.15) is 11.5 Å². The zero-order chi connectivity index (χ0) is 16.1. The Kier molecular flexibility index (Phi) is 4.88. The first-order valence-corrected chi connectivity index (χ1v) is 6.78. The van der Waals surface area contributed by atoms with Crippen LogP contribution in [-0.2, 0) is 4.79 Å². The maximum atomic E-state index is 13.6. The van der Waals surface area contributed by atoms with Crippen LogP contribution in [0.5, 0.6) is 0 Å². The van der Waals surface area contributed by atoms with Crippen LogP contribution < -0.4 is 5.32 Å². The minimum absolute atomic E-state index is 0.0239. The van der Waals surface area contributed by atoms with Crippen LogP contribution in [0.3, 0.4) is 0 Å². The van der Waals surface area contributed by atoms with Gasteiger partial charge in [0.05, 0.1) is 0 Å². The van der Waals surface area contributed by atoms with Crippen LogP contribution in [-0.4, -0.2) is 33.3 Å². The zero-order valence-corrected chi connectivity index (χ0v) is 12.0. The summed E-state index contributed by atoms with van der Waals surface area (Å²) in [7, 11) is 0. The van der Waals surface area contributed by atoms with Crippen molar-refractivity contribution < 1.29 is 19.1 Å². The van der Waals surface area contributed by atoms with E-state index in [1.54, 1.807) is 25.1 Å². The molecule has 0 aliphatic rings. The van der Waals surface area contributed by atoms with Crippen LogP contribution in [0.4, 0.5) is 4.39 Å². The average Bonchev–Trinajstić information content (AvgIpc) is 2.94. The number of aromatic nitrogens is 2. The molecule has 0 fully saturated rings. The lowest BCUT2D eigenvalue weighted by Crippen LogP contribution is -2.29. The fourth-order valence-corrected chi connectivity index (χ4v) is 1.94. The highest BCUT2D eigenvalue weighted by atomic mass is 19.1. The molecule has 1 aromatic carbocycles. The van der Waals surface area contributed by atoms with E-state index in [0.29, 0.717) is 0 Å². The Morgan fingerprint density at radius 2 is 2.09 bits per heavy atom. The molecule has 1 unspecified atom stereocenters. The first kappa shape index (κ1) is 15.7. The molecular weight excluding hydrogens is 289 g/mol. The Balaban J connectivity index is 2.01. The monoisotopic (exact) mass is 305 g/mol. The van der Waals surface area contributed by atoms with E-state index in [1.165, 1.54) is 23.0 Å². The smallest absolute Gasteiger partial charge is 0.303 e. The first-order chi connectivity index (χ1) is 10.5. The van der Waals surface area contributed by atoms with Crippen LogP contribution >= 0.6 is 0 Å². The quantitative estimate of drug-likeness (QED) is 0.853. The van der Waals surface area contributed by atoms with Gasteiger partial charge >= 0.3 is 5.97 Å². The molecular formula is C15H16FN3O3. The predicted molar refractivity (Wildman–Crippen MR) is 77.3 cm³/mol. The van der Waals surface area contributed by atoms with Crippen LogP contribution in [0.25, 0.3) is 5.69 Å². The van der Waals surface area contributed by atoms with Crippen molar-refractivity contribution in [2.24, 2.45) is 5.92 Å². The molecule has 0 aliphatic heterocycles. The van der Waals surface area contributed by atoms with E-state index in [9.17, 15) is 14.0 Å². The van der Waals surface area contributed by atoms with Gasteiger partial charge in [0.25, 0.3) is 5.91 Å². The maximum absolute atomic E-state index is 13.6. The van der Waals surface area contributed by atoms with Crippen molar-refractivity contribution in [3.8, 4) is 5.69 Å². The number of carboxylic acid groups (broad SMARTS) is 1. The molecule has 2 aromatic rings. The SMILES string of the molecule is CC(CNC(=O)c1ccn(-c2ccccc2F)n1)CC(=O)O. The van der Waals surface area contributed by atoms with Gasteiger partial charge in [-0.15, -0.1) is 0 Å². The van der Waals surface area contributed by atoms with Gasteiger partial charge in [0.15, 0.2) is 5.69 Å². The lowest BCUT2D eigenvalue weighted by molar-refractivity contribution is -0.137. The number of hydrogen-bond donors (Lipinski definition) is 2. The molecule has 0 saturated carbocycles. The molecule has 1 aromatic heterocycles. The summed E-state index contributed by atoms with van der Waals surface area (Å²) in [6.45, 7) is 1.96. The number of carboxylic acids is 1. The van der Waals surface area contributed by atoms with Gasteiger partial charge in [-0.1, -0.05) is 19.1 Å². The number of carbonyl (C=O) groups is 2. The van der Waals surface area contributed by atoms with Gasteiger partial charge in [-0.25, -0.2) is 9.07 Å². The highest BCUT2D eigenvalue weighted by molar-refractivity contribution is 5.92. The van der Waals surface area contributed by atoms with Crippen molar-refractivity contribution in [1.82, 2.24) is 15.1 Å². The Labute approximate surface area is 126 Å². The summed E-state index contributed by atoms with van der Waals surface area (Å²) in [5.41, 5.74) is 0.395. The van der Waals surface area contributed by atoms with Crippen molar-refractivity contribution in [3.05, 3.63) is 48.0 Å². The van der Waals surface area contributed by atoms with Crippen LogP contribution in [0.15, 0.2) is 36.5 Å². The summed E-state index contributed by atoms with van der Waals surface area (Å²) in [5, 5.41) is 15.3. The fraction of sp³-hybridized carbons (Fsp3) is 0.267. The molecule has 0 radical (unpaired) electrons. The molecule has 0 aliphatic carbocycles. The van der Waals surface area contributed by atoms with Gasteiger partial charge in [-0.3, -0.25) is 9.59 Å². The van der Waals surface area contributed by atoms with Crippen LogP contribution in [0, 0.1) is 11.7 Å². The minimum Gasteiger partial charge on any atom is -0.481 e. The molecule has 2 rings (SSSR count). The second-order valence-electron chi connectivity index (χ2n) is 5.01. The van der Waals surface area contributed by atoms with Crippen molar-refractivity contribution in [2.45, 2.75) is 13.3 Å². The lowest BCUT2D eigenvalue weighted by Gasteiger charge is -2.09. The van der Waals surface area contributed by atoms with Gasteiger partial charge in [0.2, 0.25) is 0 Å². The van der Waals surface area contributed by atoms with Crippen molar-refractivity contribution in [2.75, 3.05) is 6.54 Å². The number of benzene rings is 1. The van der Waals surface area contributed by atoms with E-state index in [2.05, 4.69) is 10.4 Å². The number of hydrogen-bond acceptors (Lipinski definition) is 3. The van der Waals surface area contributed by atoms with Crippen molar-refractivity contribution >= 4 is 11.9 Å². The normalized spacial score (nSPS) is 11.9. The summed E-state index contributed by atoms with van der Waals surface area (Å²) in [6, 6.07) is 7.58.